The summed E-state index contributed by atoms with van der Waals surface area (Å²) in [5.41, 5.74) is 1.15. The molecule has 1 fully saturated rings. The summed E-state index contributed by atoms with van der Waals surface area (Å²) in [7, 11) is 0. The summed E-state index contributed by atoms with van der Waals surface area (Å²) in [6, 6.07) is 7.16. The number of hydrogen-bond acceptors (Lipinski definition) is 2. The summed E-state index contributed by atoms with van der Waals surface area (Å²) in [6.45, 7) is 6.96. The van der Waals surface area contributed by atoms with Gasteiger partial charge in [0.2, 0.25) is 0 Å². The maximum absolute atomic E-state index is 4.42. The predicted octanol–water partition coefficient (Wildman–Crippen LogP) is 3.56. The Hall–Kier alpha value is -0.890. The van der Waals surface area contributed by atoms with Crippen LogP contribution in [0.3, 0.4) is 0 Å². The quantitative estimate of drug-likeness (QED) is 0.862. The van der Waals surface area contributed by atoms with E-state index in [1.54, 1.807) is 0 Å². The van der Waals surface area contributed by atoms with E-state index in [9.17, 15) is 0 Å². The van der Waals surface area contributed by atoms with Gasteiger partial charge in [0.15, 0.2) is 0 Å². The van der Waals surface area contributed by atoms with Crippen LogP contribution >= 0.6 is 0 Å². The van der Waals surface area contributed by atoms with E-state index in [1.807, 2.05) is 12.3 Å². The van der Waals surface area contributed by atoms with Crippen molar-refractivity contribution >= 4 is 0 Å². The third kappa shape index (κ3) is 3.53. The lowest BCUT2D eigenvalue weighted by atomic mass is 9.80. The summed E-state index contributed by atoms with van der Waals surface area (Å²) in [5, 5.41) is 3.73. The van der Waals surface area contributed by atoms with Gasteiger partial charge >= 0.3 is 0 Å². The fraction of sp³-hybridized carbons (Fsp3) is 0.667. The Morgan fingerprint density at radius 2 is 1.88 bits per heavy atom. The smallest absolute Gasteiger partial charge is 0.0570 e. The van der Waals surface area contributed by atoms with Crippen molar-refractivity contribution in [2.75, 3.05) is 0 Å². The van der Waals surface area contributed by atoms with Gasteiger partial charge in [-0.15, -0.1) is 0 Å². The molecule has 1 heterocycles. The van der Waals surface area contributed by atoms with Gasteiger partial charge in [0.25, 0.3) is 0 Å². The minimum atomic E-state index is 0.360. The molecule has 1 aliphatic rings. The normalized spacial score (nSPS) is 31.1. The molecule has 1 aromatic rings. The molecule has 3 atom stereocenters. The van der Waals surface area contributed by atoms with Crippen LogP contribution in [0.5, 0.6) is 0 Å². The second-order valence-corrected chi connectivity index (χ2v) is 5.76. The SMILES string of the molecule is CC1CC(C)CC(NC(C)c2ccccn2)C1. The summed E-state index contributed by atoms with van der Waals surface area (Å²) in [6.07, 6.45) is 5.87. The lowest BCUT2D eigenvalue weighted by Crippen LogP contribution is -2.37. The molecule has 0 spiro atoms. The van der Waals surface area contributed by atoms with Gasteiger partial charge in [0, 0.05) is 18.3 Å². The zero-order valence-corrected chi connectivity index (χ0v) is 11.2. The first-order chi connectivity index (χ1) is 8.15. The molecular formula is C15H24N2. The Balaban J connectivity index is 1.92. The molecule has 2 rings (SSSR count). The van der Waals surface area contributed by atoms with E-state index in [2.05, 4.69) is 43.2 Å². The van der Waals surface area contributed by atoms with Crippen molar-refractivity contribution in [2.24, 2.45) is 11.8 Å². The average Bonchev–Trinajstić information content (AvgIpc) is 2.28. The summed E-state index contributed by atoms with van der Waals surface area (Å²) in [5.74, 6) is 1.71. The Kier molecular flexibility index (Phi) is 4.16. The van der Waals surface area contributed by atoms with Crippen LogP contribution in [-0.2, 0) is 0 Å². The molecule has 2 nitrogen and oxygen atoms in total. The minimum Gasteiger partial charge on any atom is -0.306 e. The fourth-order valence-electron chi connectivity index (χ4n) is 3.15. The van der Waals surface area contributed by atoms with Crippen LogP contribution in [0.1, 0.15) is 51.8 Å². The number of hydrogen-bond donors (Lipinski definition) is 1. The Labute approximate surface area is 105 Å². The highest BCUT2D eigenvalue weighted by Gasteiger charge is 2.25. The minimum absolute atomic E-state index is 0.360. The van der Waals surface area contributed by atoms with E-state index in [-0.39, 0.29) is 0 Å². The van der Waals surface area contributed by atoms with Gasteiger partial charge in [-0.25, -0.2) is 0 Å². The Morgan fingerprint density at radius 1 is 1.18 bits per heavy atom. The van der Waals surface area contributed by atoms with E-state index in [0.29, 0.717) is 12.1 Å². The number of nitrogens with one attached hydrogen (secondary N) is 1. The topological polar surface area (TPSA) is 24.9 Å². The van der Waals surface area contributed by atoms with Gasteiger partial charge in [-0.3, -0.25) is 4.98 Å². The van der Waals surface area contributed by atoms with E-state index in [0.717, 1.165) is 17.5 Å². The molecule has 0 saturated heterocycles. The van der Waals surface area contributed by atoms with Crippen molar-refractivity contribution in [3.63, 3.8) is 0 Å². The lowest BCUT2D eigenvalue weighted by molar-refractivity contribution is 0.227. The van der Waals surface area contributed by atoms with E-state index >= 15 is 0 Å². The highest BCUT2D eigenvalue weighted by molar-refractivity contribution is 5.08. The molecule has 1 saturated carbocycles. The first kappa shape index (κ1) is 12.6. The van der Waals surface area contributed by atoms with Gasteiger partial charge in [-0.05, 0) is 50.2 Å². The number of nitrogens with zero attached hydrogens (tertiary/aromatic N) is 1. The van der Waals surface area contributed by atoms with Crippen LogP contribution in [0, 0.1) is 11.8 Å². The summed E-state index contributed by atoms with van der Waals surface area (Å²) >= 11 is 0. The monoisotopic (exact) mass is 232 g/mol. The maximum Gasteiger partial charge on any atom is 0.0570 e. The van der Waals surface area contributed by atoms with Crippen LogP contribution < -0.4 is 5.32 Å². The van der Waals surface area contributed by atoms with Gasteiger partial charge in [-0.2, -0.15) is 0 Å². The first-order valence-corrected chi connectivity index (χ1v) is 6.82. The van der Waals surface area contributed by atoms with E-state index in [1.165, 1.54) is 19.3 Å². The molecule has 0 amide bonds. The largest absolute Gasteiger partial charge is 0.306 e. The van der Waals surface area contributed by atoms with Crippen LogP contribution in [0.2, 0.25) is 0 Å². The van der Waals surface area contributed by atoms with Crippen molar-refractivity contribution in [3.05, 3.63) is 30.1 Å². The van der Waals surface area contributed by atoms with Crippen molar-refractivity contribution in [1.82, 2.24) is 10.3 Å². The average molecular weight is 232 g/mol. The van der Waals surface area contributed by atoms with Crippen molar-refractivity contribution in [2.45, 2.75) is 52.1 Å². The second kappa shape index (κ2) is 5.63. The molecule has 0 radical (unpaired) electrons. The van der Waals surface area contributed by atoms with Crippen LogP contribution in [-0.4, -0.2) is 11.0 Å². The molecule has 0 bridgehead atoms. The highest BCUT2D eigenvalue weighted by atomic mass is 15.0. The van der Waals surface area contributed by atoms with Crippen LogP contribution in [0.15, 0.2) is 24.4 Å². The maximum atomic E-state index is 4.42. The molecule has 0 aliphatic heterocycles. The zero-order valence-electron chi connectivity index (χ0n) is 11.2. The molecule has 2 heteroatoms. The molecule has 1 N–H and O–H groups in total. The number of rotatable bonds is 3. The van der Waals surface area contributed by atoms with Crippen molar-refractivity contribution < 1.29 is 0 Å². The molecular weight excluding hydrogens is 208 g/mol. The molecule has 94 valence electrons. The van der Waals surface area contributed by atoms with Crippen molar-refractivity contribution in [1.29, 1.82) is 0 Å². The van der Waals surface area contributed by atoms with Gasteiger partial charge < -0.3 is 5.32 Å². The standard InChI is InChI=1S/C15H24N2/c1-11-8-12(2)10-14(9-11)17-13(3)15-6-4-5-7-16-15/h4-7,11-14,17H,8-10H2,1-3H3. The highest BCUT2D eigenvalue weighted by Crippen LogP contribution is 2.29. The molecule has 17 heavy (non-hydrogen) atoms. The molecule has 1 aliphatic carbocycles. The number of aromatic nitrogens is 1. The van der Waals surface area contributed by atoms with Gasteiger partial charge in [-0.1, -0.05) is 19.9 Å². The third-order valence-electron chi connectivity index (χ3n) is 3.80. The fourth-order valence-corrected chi connectivity index (χ4v) is 3.15. The zero-order chi connectivity index (χ0) is 12.3. The lowest BCUT2D eigenvalue weighted by Gasteiger charge is -2.33. The molecule has 3 unspecified atom stereocenters. The summed E-state index contributed by atoms with van der Waals surface area (Å²) in [4.78, 5) is 4.42. The summed E-state index contributed by atoms with van der Waals surface area (Å²) < 4.78 is 0. The van der Waals surface area contributed by atoms with E-state index < -0.39 is 0 Å². The number of pyridine rings is 1. The van der Waals surface area contributed by atoms with Crippen LogP contribution in [0.4, 0.5) is 0 Å². The Morgan fingerprint density at radius 3 is 2.47 bits per heavy atom. The predicted molar refractivity (Wildman–Crippen MR) is 71.8 cm³/mol. The second-order valence-electron chi connectivity index (χ2n) is 5.76. The Bertz CT molecular complexity index is 326. The van der Waals surface area contributed by atoms with Gasteiger partial charge in [0.1, 0.15) is 0 Å². The van der Waals surface area contributed by atoms with Gasteiger partial charge in [0.05, 0.1) is 5.69 Å². The molecule has 1 aromatic heterocycles. The van der Waals surface area contributed by atoms with Crippen molar-refractivity contribution in [3.8, 4) is 0 Å². The third-order valence-corrected chi connectivity index (χ3v) is 3.80. The van der Waals surface area contributed by atoms with E-state index in [4.69, 9.17) is 0 Å². The molecule has 0 aromatic carbocycles. The van der Waals surface area contributed by atoms with Crippen LogP contribution in [0.25, 0.3) is 0 Å². The first-order valence-electron chi connectivity index (χ1n) is 6.82.